The summed E-state index contributed by atoms with van der Waals surface area (Å²) in [5, 5.41) is 0. The van der Waals surface area contributed by atoms with Crippen LogP contribution in [0.4, 0.5) is 13.2 Å². The fourth-order valence-corrected chi connectivity index (χ4v) is 3.13. The smallest absolute Gasteiger partial charge is 0.497 e. The number of nitrogens with zero attached hydrogens (tertiary/aromatic N) is 1. The second-order valence-corrected chi connectivity index (χ2v) is 6.46. The van der Waals surface area contributed by atoms with E-state index < -0.39 is 6.36 Å². The van der Waals surface area contributed by atoms with Crippen molar-refractivity contribution in [3.05, 3.63) is 54.1 Å². The lowest BCUT2D eigenvalue weighted by molar-refractivity contribution is -0.274. The standard InChI is InChI=1S/C20H22F3NO3/c1-25-19-4-2-3-15(13-19)14-24-11-9-17(10-12-24)26-16-5-7-18(8-6-16)27-20(21,22)23/h2-8,13,17H,9-12,14H2,1H3. The van der Waals surface area contributed by atoms with Gasteiger partial charge in [-0.15, -0.1) is 13.2 Å². The zero-order chi connectivity index (χ0) is 19.3. The van der Waals surface area contributed by atoms with Crippen LogP contribution in [0.15, 0.2) is 48.5 Å². The molecule has 0 bridgehead atoms. The molecular weight excluding hydrogens is 359 g/mol. The highest BCUT2D eigenvalue weighted by Crippen LogP contribution is 2.26. The normalized spacial score (nSPS) is 16.1. The fraction of sp³-hybridized carbons (Fsp3) is 0.400. The number of hydrogen-bond donors (Lipinski definition) is 0. The molecule has 0 saturated carbocycles. The molecule has 1 aliphatic rings. The zero-order valence-electron chi connectivity index (χ0n) is 15.0. The third-order valence-electron chi connectivity index (χ3n) is 4.43. The molecule has 1 fully saturated rings. The van der Waals surface area contributed by atoms with Crippen LogP contribution in [-0.2, 0) is 6.54 Å². The van der Waals surface area contributed by atoms with Crippen molar-refractivity contribution in [3.8, 4) is 17.2 Å². The number of hydrogen-bond acceptors (Lipinski definition) is 4. The monoisotopic (exact) mass is 381 g/mol. The van der Waals surface area contributed by atoms with Gasteiger partial charge >= 0.3 is 6.36 Å². The number of methoxy groups -OCH3 is 1. The summed E-state index contributed by atoms with van der Waals surface area (Å²) in [6.45, 7) is 2.65. The Morgan fingerprint density at radius 1 is 0.963 bits per heavy atom. The highest BCUT2D eigenvalue weighted by atomic mass is 19.4. The quantitative estimate of drug-likeness (QED) is 0.730. The molecule has 0 aliphatic carbocycles. The second kappa shape index (κ2) is 8.52. The molecule has 2 aromatic carbocycles. The van der Waals surface area contributed by atoms with Crippen molar-refractivity contribution >= 4 is 0 Å². The van der Waals surface area contributed by atoms with Gasteiger partial charge in [-0.3, -0.25) is 4.90 Å². The van der Waals surface area contributed by atoms with Crippen LogP contribution >= 0.6 is 0 Å². The lowest BCUT2D eigenvalue weighted by atomic mass is 10.1. The van der Waals surface area contributed by atoms with Crippen molar-refractivity contribution in [1.82, 2.24) is 4.90 Å². The molecule has 2 aromatic rings. The first-order valence-corrected chi connectivity index (χ1v) is 8.79. The van der Waals surface area contributed by atoms with Crippen LogP contribution in [0.3, 0.4) is 0 Å². The molecule has 7 heteroatoms. The minimum atomic E-state index is -4.68. The summed E-state index contributed by atoms with van der Waals surface area (Å²) in [5.74, 6) is 1.15. The van der Waals surface area contributed by atoms with Crippen LogP contribution in [0.5, 0.6) is 17.2 Å². The summed E-state index contributed by atoms with van der Waals surface area (Å²) in [7, 11) is 1.66. The van der Waals surface area contributed by atoms with Crippen molar-refractivity contribution in [2.45, 2.75) is 31.9 Å². The first-order chi connectivity index (χ1) is 12.9. The molecule has 27 heavy (non-hydrogen) atoms. The van der Waals surface area contributed by atoms with Crippen molar-refractivity contribution in [2.75, 3.05) is 20.2 Å². The number of ether oxygens (including phenoxy) is 3. The van der Waals surface area contributed by atoms with E-state index >= 15 is 0 Å². The molecule has 0 N–H and O–H groups in total. The number of benzene rings is 2. The average molecular weight is 381 g/mol. The maximum Gasteiger partial charge on any atom is 0.573 e. The molecule has 0 atom stereocenters. The molecule has 1 saturated heterocycles. The van der Waals surface area contributed by atoms with Crippen LogP contribution in [0.1, 0.15) is 18.4 Å². The Morgan fingerprint density at radius 3 is 2.26 bits per heavy atom. The molecule has 0 unspecified atom stereocenters. The molecular formula is C20H22F3NO3. The first kappa shape index (κ1) is 19.4. The minimum absolute atomic E-state index is 0.0564. The third-order valence-corrected chi connectivity index (χ3v) is 4.43. The van der Waals surface area contributed by atoms with Gasteiger partial charge in [-0.25, -0.2) is 0 Å². The molecule has 0 aromatic heterocycles. The van der Waals surface area contributed by atoms with Crippen LogP contribution in [-0.4, -0.2) is 37.6 Å². The van der Waals surface area contributed by atoms with Gasteiger partial charge in [0.25, 0.3) is 0 Å². The van der Waals surface area contributed by atoms with Gasteiger partial charge in [-0.1, -0.05) is 12.1 Å². The van der Waals surface area contributed by atoms with E-state index in [9.17, 15) is 13.2 Å². The lowest BCUT2D eigenvalue weighted by Crippen LogP contribution is -2.37. The second-order valence-electron chi connectivity index (χ2n) is 6.46. The third kappa shape index (κ3) is 6.06. The molecule has 1 heterocycles. The van der Waals surface area contributed by atoms with Gasteiger partial charge in [0.1, 0.15) is 23.4 Å². The Kier molecular flexibility index (Phi) is 6.11. The van der Waals surface area contributed by atoms with E-state index in [2.05, 4.69) is 15.7 Å². The summed E-state index contributed by atoms with van der Waals surface area (Å²) in [6, 6.07) is 13.6. The number of likely N-dealkylation sites (tertiary alicyclic amines) is 1. The van der Waals surface area contributed by atoms with Crippen LogP contribution < -0.4 is 14.2 Å². The molecule has 4 nitrogen and oxygen atoms in total. The maximum absolute atomic E-state index is 12.2. The van der Waals surface area contributed by atoms with Crippen molar-refractivity contribution in [1.29, 1.82) is 0 Å². The number of rotatable bonds is 6. The highest BCUT2D eigenvalue weighted by molar-refractivity contribution is 5.31. The predicted octanol–water partition coefficient (Wildman–Crippen LogP) is 4.64. The first-order valence-electron chi connectivity index (χ1n) is 8.79. The number of alkyl halides is 3. The van der Waals surface area contributed by atoms with Gasteiger partial charge in [0.2, 0.25) is 0 Å². The summed E-state index contributed by atoms with van der Waals surface area (Å²) < 4.78 is 51.6. The Bertz CT molecular complexity index is 726. The van der Waals surface area contributed by atoms with E-state index in [1.54, 1.807) is 7.11 Å². The van der Waals surface area contributed by atoms with Gasteiger partial charge in [-0.2, -0.15) is 0 Å². The summed E-state index contributed by atoms with van der Waals surface area (Å²) in [5.41, 5.74) is 1.20. The molecule has 1 aliphatic heterocycles. The molecule has 0 amide bonds. The number of halogens is 3. The van der Waals surface area contributed by atoms with Gasteiger partial charge in [0.05, 0.1) is 7.11 Å². The zero-order valence-corrected chi connectivity index (χ0v) is 15.0. The molecule has 3 rings (SSSR count). The van der Waals surface area contributed by atoms with E-state index in [1.165, 1.54) is 29.8 Å². The van der Waals surface area contributed by atoms with E-state index in [4.69, 9.17) is 9.47 Å². The van der Waals surface area contributed by atoms with Crippen LogP contribution in [0.2, 0.25) is 0 Å². The van der Waals surface area contributed by atoms with Crippen molar-refractivity contribution in [2.24, 2.45) is 0 Å². The van der Waals surface area contributed by atoms with Gasteiger partial charge < -0.3 is 14.2 Å². The Labute approximate surface area is 156 Å². The van der Waals surface area contributed by atoms with E-state index in [0.29, 0.717) is 5.75 Å². The average Bonchev–Trinajstić information content (AvgIpc) is 2.64. The van der Waals surface area contributed by atoms with Crippen LogP contribution in [0.25, 0.3) is 0 Å². The van der Waals surface area contributed by atoms with Crippen molar-refractivity contribution in [3.63, 3.8) is 0 Å². The fourth-order valence-electron chi connectivity index (χ4n) is 3.13. The van der Waals surface area contributed by atoms with Gasteiger partial charge in [0.15, 0.2) is 0 Å². The number of piperidine rings is 1. The van der Waals surface area contributed by atoms with E-state index in [0.717, 1.165) is 38.2 Å². The predicted molar refractivity (Wildman–Crippen MR) is 95.0 cm³/mol. The Hall–Kier alpha value is -2.41. The topological polar surface area (TPSA) is 30.9 Å². The maximum atomic E-state index is 12.2. The van der Waals surface area contributed by atoms with Crippen molar-refractivity contribution < 1.29 is 27.4 Å². The summed E-state index contributed by atoms with van der Waals surface area (Å²) in [4.78, 5) is 2.36. The minimum Gasteiger partial charge on any atom is -0.497 e. The van der Waals surface area contributed by atoms with Gasteiger partial charge in [0, 0.05) is 19.6 Å². The van der Waals surface area contributed by atoms with E-state index in [1.807, 2.05) is 18.2 Å². The molecule has 0 spiro atoms. The lowest BCUT2D eigenvalue weighted by Gasteiger charge is -2.32. The summed E-state index contributed by atoms with van der Waals surface area (Å²) in [6.07, 6.45) is -2.89. The van der Waals surface area contributed by atoms with E-state index in [-0.39, 0.29) is 11.9 Å². The Morgan fingerprint density at radius 2 is 1.63 bits per heavy atom. The van der Waals surface area contributed by atoms with Crippen LogP contribution in [0, 0.1) is 0 Å². The Balaban J connectivity index is 1.46. The van der Waals surface area contributed by atoms with Gasteiger partial charge in [-0.05, 0) is 54.8 Å². The highest BCUT2D eigenvalue weighted by Gasteiger charge is 2.31. The summed E-state index contributed by atoms with van der Waals surface area (Å²) >= 11 is 0. The largest absolute Gasteiger partial charge is 0.573 e. The molecule has 0 radical (unpaired) electrons. The SMILES string of the molecule is COc1cccc(CN2CCC(Oc3ccc(OC(F)(F)F)cc3)CC2)c1. The molecule has 146 valence electrons.